The number of rotatable bonds is 11. The van der Waals surface area contributed by atoms with Crippen LogP contribution in [0.25, 0.3) is 28.0 Å². The van der Waals surface area contributed by atoms with Crippen LogP contribution >= 0.6 is 11.6 Å². The van der Waals surface area contributed by atoms with Gasteiger partial charge in [-0.1, -0.05) is 30.2 Å². The van der Waals surface area contributed by atoms with E-state index in [1.165, 1.54) is 4.57 Å². The van der Waals surface area contributed by atoms with E-state index in [4.69, 9.17) is 28.8 Å². The molecule has 9 nitrogen and oxygen atoms in total. The Morgan fingerprint density at radius 2 is 1.95 bits per heavy atom. The number of aromatic nitrogens is 3. The van der Waals surface area contributed by atoms with Gasteiger partial charge in [-0.3, -0.25) is 9.56 Å². The molecule has 0 amide bonds. The molecule has 0 unspecified atom stereocenters. The van der Waals surface area contributed by atoms with Gasteiger partial charge in [0.25, 0.3) is 0 Å². The molecule has 11 heteroatoms. The topological polar surface area (TPSA) is 153 Å². The number of aryl methyl sites for hydroxylation is 1. The molecule has 5 rings (SSSR count). The minimum absolute atomic E-state index is 0.0581. The molecule has 2 aromatic heterocycles. The number of fused-ring (bicyclic) bond motifs is 1. The summed E-state index contributed by atoms with van der Waals surface area (Å²) in [4.78, 5) is 24.8. The summed E-state index contributed by atoms with van der Waals surface area (Å²) in [6, 6.07) is 13.7. The van der Waals surface area contributed by atoms with Gasteiger partial charge in [-0.25, -0.2) is 9.18 Å². The number of hydrogen-bond donors (Lipinski definition) is 5. The van der Waals surface area contributed by atoms with E-state index in [9.17, 15) is 4.79 Å². The normalized spacial score (nSPS) is 18.9. The summed E-state index contributed by atoms with van der Waals surface area (Å²) in [5.41, 5.74) is 21.1. The quantitative estimate of drug-likeness (QED) is 0.116. The molecule has 234 valence electrons. The smallest absolute Gasteiger partial charge is 0.354 e. The van der Waals surface area contributed by atoms with Crippen molar-refractivity contribution in [3.8, 4) is 16.9 Å². The van der Waals surface area contributed by atoms with Gasteiger partial charge in [0.05, 0.1) is 22.4 Å². The van der Waals surface area contributed by atoms with Gasteiger partial charge in [0.1, 0.15) is 11.5 Å². The maximum Gasteiger partial charge on any atom is 0.354 e. The lowest BCUT2D eigenvalue weighted by Gasteiger charge is -2.31. The fourth-order valence-electron chi connectivity index (χ4n) is 5.81. The summed E-state index contributed by atoms with van der Waals surface area (Å²) in [6.07, 6.45) is 8.36. The van der Waals surface area contributed by atoms with Gasteiger partial charge in [0.15, 0.2) is 5.82 Å². The van der Waals surface area contributed by atoms with Crippen molar-refractivity contribution in [2.24, 2.45) is 22.2 Å². The van der Waals surface area contributed by atoms with E-state index >= 15 is 4.39 Å². The van der Waals surface area contributed by atoms with Gasteiger partial charge in [0, 0.05) is 41.8 Å². The number of H-pyrrole nitrogens is 1. The minimum atomic E-state index is -0.513. The van der Waals surface area contributed by atoms with E-state index in [-0.39, 0.29) is 23.1 Å². The van der Waals surface area contributed by atoms with Crippen LogP contribution in [0.4, 0.5) is 4.39 Å². The number of nitrogens with zero attached hydrogens (tertiary/aromatic N) is 3. The Morgan fingerprint density at radius 3 is 2.68 bits per heavy atom. The molecule has 1 fully saturated rings. The molecule has 4 atom stereocenters. The number of amidine groups is 1. The third kappa shape index (κ3) is 7.55. The van der Waals surface area contributed by atoms with E-state index in [0.717, 1.165) is 56.1 Å². The van der Waals surface area contributed by atoms with Gasteiger partial charge in [0.2, 0.25) is 0 Å². The number of aromatic amines is 1. The molecule has 1 saturated heterocycles. The summed E-state index contributed by atoms with van der Waals surface area (Å²) >= 11 is 6.26. The molecule has 0 aliphatic carbocycles. The second-order valence-corrected chi connectivity index (χ2v) is 12.4. The summed E-state index contributed by atoms with van der Waals surface area (Å²) in [5.74, 6) is -0.0261. The first-order chi connectivity index (χ1) is 21.1. The Hall–Kier alpha value is -3.57. The standard InChI is InChI=1S/C33H42ClFN8O/c1-19(36)5-3-6-21-15-26(30(35)27(34)16-21)29-17-23-18-43(33(44)42-32(23)41-29)25-11-9-22(10-12-25)28-8-4-7-24(40-28)13-14-39-31(38)20(2)37/h9-12,15-20,24,28,40H,3-8,13-14,36-37H2,1-2H3,(H2,38,39)(H,41,42,44)/t19-,20-,24-,28-/m0/s1. The second kappa shape index (κ2) is 14.0. The summed E-state index contributed by atoms with van der Waals surface area (Å²) < 4.78 is 16.6. The Labute approximate surface area is 262 Å². The van der Waals surface area contributed by atoms with Crippen LogP contribution in [0.15, 0.2) is 58.4 Å². The first-order valence-electron chi connectivity index (χ1n) is 15.4. The highest BCUT2D eigenvalue weighted by atomic mass is 35.5. The average Bonchev–Trinajstić information content (AvgIpc) is 3.41. The lowest BCUT2D eigenvalue weighted by Crippen LogP contribution is -2.38. The predicted octanol–water partition coefficient (Wildman–Crippen LogP) is 5.12. The van der Waals surface area contributed by atoms with Crippen molar-refractivity contribution in [3.63, 3.8) is 0 Å². The van der Waals surface area contributed by atoms with E-state index in [0.29, 0.717) is 46.4 Å². The number of benzene rings is 2. The van der Waals surface area contributed by atoms with Gasteiger partial charge in [-0.2, -0.15) is 4.98 Å². The van der Waals surface area contributed by atoms with Crippen LogP contribution in [0, 0.1) is 5.82 Å². The predicted molar refractivity (Wildman–Crippen MR) is 177 cm³/mol. The Kier molecular flexibility index (Phi) is 10.2. The number of nitrogens with two attached hydrogens (primary N) is 3. The number of piperidine rings is 1. The van der Waals surface area contributed by atoms with Crippen molar-refractivity contribution >= 4 is 28.5 Å². The lowest BCUT2D eigenvalue weighted by molar-refractivity contribution is 0.315. The zero-order valence-electron chi connectivity index (χ0n) is 25.3. The molecule has 1 aliphatic rings. The number of hydrogen-bond acceptors (Lipinski definition) is 6. The average molecular weight is 621 g/mol. The molecule has 44 heavy (non-hydrogen) atoms. The molecule has 1 aliphatic heterocycles. The fraction of sp³-hybridized carbons (Fsp3) is 0.424. The largest absolute Gasteiger partial charge is 0.386 e. The maximum atomic E-state index is 15.1. The van der Waals surface area contributed by atoms with E-state index in [1.54, 1.807) is 24.4 Å². The van der Waals surface area contributed by atoms with E-state index in [1.807, 2.05) is 26.0 Å². The fourth-order valence-corrected chi connectivity index (χ4v) is 6.05. The minimum Gasteiger partial charge on any atom is -0.386 e. The molecule has 3 heterocycles. The van der Waals surface area contributed by atoms with Crippen LogP contribution in [0.1, 0.15) is 69.5 Å². The van der Waals surface area contributed by atoms with Crippen molar-refractivity contribution in [2.45, 2.75) is 83.0 Å². The van der Waals surface area contributed by atoms with Crippen LogP contribution in [0.5, 0.6) is 0 Å². The molecule has 4 aromatic rings. The Bertz CT molecular complexity index is 1680. The van der Waals surface area contributed by atoms with Gasteiger partial charge in [-0.05, 0) is 93.8 Å². The monoisotopic (exact) mass is 620 g/mol. The van der Waals surface area contributed by atoms with Crippen molar-refractivity contribution in [1.82, 2.24) is 19.9 Å². The van der Waals surface area contributed by atoms with Gasteiger partial charge < -0.3 is 27.5 Å². The summed E-state index contributed by atoms with van der Waals surface area (Å²) in [6.45, 7) is 4.45. The van der Waals surface area contributed by atoms with Crippen molar-refractivity contribution in [3.05, 3.63) is 81.1 Å². The van der Waals surface area contributed by atoms with Gasteiger partial charge in [-0.15, -0.1) is 0 Å². The third-order valence-electron chi connectivity index (χ3n) is 8.31. The summed E-state index contributed by atoms with van der Waals surface area (Å²) in [5, 5.41) is 4.49. The first kappa shape index (κ1) is 31.8. The van der Waals surface area contributed by atoms with Crippen molar-refractivity contribution in [1.29, 1.82) is 0 Å². The van der Waals surface area contributed by atoms with Crippen molar-refractivity contribution in [2.75, 3.05) is 6.54 Å². The van der Waals surface area contributed by atoms with Crippen LogP contribution in [-0.4, -0.2) is 45.0 Å². The maximum absolute atomic E-state index is 15.1. The molecule has 0 radical (unpaired) electrons. The highest BCUT2D eigenvalue weighted by Crippen LogP contribution is 2.32. The molecule has 2 aromatic carbocycles. The zero-order valence-corrected chi connectivity index (χ0v) is 26.1. The SMILES string of the molecule is C[C@H](N)CCCc1cc(Cl)c(F)c(-c2cc3cn(-c4ccc([C@@H]5CCC[C@@H](CCN=C(N)[C@H](C)N)N5)cc4)c(=O)nc3[nH]2)c1. The second-order valence-electron chi connectivity index (χ2n) is 12.0. The summed E-state index contributed by atoms with van der Waals surface area (Å²) in [7, 11) is 0. The highest BCUT2D eigenvalue weighted by molar-refractivity contribution is 6.31. The number of nitrogens with one attached hydrogen (secondary N) is 2. The third-order valence-corrected chi connectivity index (χ3v) is 8.58. The molecule has 0 saturated carbocycles. The molecular weight excluding hydrogens is 579 g/mol. The number of halogens is 2. The lowest BCUT2D eigenvalue weighted by atomic mass is 9.92. The molecule has 0 spiro atoms. The van der Waals surface area contributed by atoms with Crippen molar-refractivity contribution < 1.29 is 4.39 Å². The van der Waals surface area contributed by atoms with Gasteiger partial charge >= 0.3 is 5.69 Å². The van der Waals surface area contributed by atoms with Crippen LogP contribution in [-0.2, 0) is 6.42 Å². The Morgan fingerprint density at radius 1 is 1.18 bits per heavy atom. The molecule has 8 N–H and O–H groups in total. The highest BCUT2D eigenvalue weighted by Gasteiger charge is 2.22. The first-order valence-corrected chi connectivity index (χ1v) is 15.7. The Balaban J connectivity index is 1.32. The van der Waals surface area contributed by atoms with Crippen LogP contribution < -0.4 is 28.2 Å². The zero-order chi connectivity index (χ0) is 31.4. The number of aliphatic imine (C=N–C) groups is 1. The van der Waals surface area contributed by atoms with Crippen LogP contribution in [0.2, 0.25) is 5.02 Å². The van der Waals surface area contributed by atoms with Crippen LogP contribution in [0.3, 0.4) is 0 Å². The van der Waals surface area contributed by atoms with E-state index in [2.05, 4.69) is 32.4 Å². The van der Waals surface area contributed by atoms with E-state index < -0.39 is 11.5 Å². The molecule has 0 bridgehead atoms. The molecular formula is C33H42ClFN8O.